The average Bonchev–Trinajstić information content (AvgIpc) is 3.12. The topological polar surface area (TPSA) is 88.2 Å². The number of amides is 3. The summed E-state index contributed by atoms with van der Waals surface area (Å²) in [6, 6.07) is 4.93. The highest BCUT2D eigenvalue weighted by Crippen LogP contribution is 2.34. The number of carbonyl (C=O) groups excluding carboxylic acids is 3. The summed E-state index contributed by atoms with van der Waals surface area (Å²) in [6.45, 7) is -0.234. The van der Waals surface area contributed by atoms with Crippen LogP contribution in [-0.2, 0) is 34.0 Å². The van der Waals surface area contributed by atoms with Gasteiger partial charge in [-0.05, 0) is 30.1 Å². The third kappa shape index (κ3) is 4.53. The van der Waals surface area contributed by atoms with E-state index in [9.17, 15) is 18.8 Å². The fourth-order valence-electron chi connectivity index (χ4n) is 3.89. The van der Waals surface area contributed by atoms with E-state index in [1.54, 1.807) is 11.4 Å². The number of carbonyl (C=O) groups is 3. The molecule has 3 amide bonds. The molecule has 3 heterocycles. The van der Waals surface area contributed by atoms with Crippen LogP contribution in [0.4, 0.5) is 4.39 Å². The van der Waals surface area contributed by atoms with Crippen molar-refractivity contribution in [1.29, 1.82) is 0 Å². The van der Waals surface area contributed by atoms with E-state index >= 15 is 0 Å². The molecule has 2 aromatic rings. The van der Waals surface area contributed by atoms with Crippen LogP contribution in [0.1, 0.15) is 49.4 Å². The maximum atomic E-state index is 14.9. The third-order valence-corrected chi connectivity index (χ3v) is 5.65. The second kappa shape index (κ2) is 9.52. The molecule has 1 N–H and O–H groups in total. The molecule has 34 heavy (non-hydrogen) atoms. The molecule has 5 rings (SSSR count). The number of nitrogens with one attached hydrogen (secondary N) is 1. The first kappa shape index (κ1) is 15.6. The summed E-state index contributed by atoms with van der Waals surface area (Å²) in [5.41, 5.74) is 0.0794. The Labute approximate surface area is 206 Å². The highest BCUT2D eigenvalue weighted by atomic mass is 19.1. The van der Waals surface area contributed by atoms with E-state index in [1.807, 2.05) is 0 Å². The number of fused-ring (bicyclic) bond motifs is 1. The van der Waals surface area contributed by atoms with Gasteiger partial charge in [0.15, 0.2) is 0 Å². The molecule has 2 saturated heterocycles. The van der Waals surface area contributed by atoms with Gasteiger partial charge < -0.3 is 14.4 Å². The van der Waals surface area contributed by atoms with Crippen LogP contribution in [0, 0.1) is 5.82 Å². The molecule has 1 atom stereocenters. The molecule has 8 nitrogen and oxygen atoms in total. The van der Waals surface area contributed by atoms with Crippen molar-refractivity contribution in [2.45, 2.75) is 38.4 Å². The number of rotatable bonds is 6. The Morgan fingerprint density at radius 3 is 2.82 bits per heavy atom. The zero-order valence-corrected chi connectivity index (χ0v) is 18.0. The Bertz CT molecular complexity index is 1440. The largest absolute Gasteiger partial charge is 0.488 e. The van der Waals surface area contributed by atoms with E-state index in [0.717, 1.165) is 18.7 Å². The molecule has 0 radical (unpaired) electrons. The quantitative estimate of drug-likeness (QED) is 0.645. The van der Waals surface area contributed by atoms with Crippen molar-refractivity contribution in [2.24, 2.45) is 0 Å². The first-order valence-corrected chi connectivity index (χ1v) is 10.7. The van der Waals surface area contributed by atoms with Crippen molar-refractivity contribution in [3.05, 3.63) is 64.5 Å². The van der Waals surface area contributed by atoms with Gasteiger partial charge in [-0.25, -0.2) is 4.39 Å². The minimum Gasteiger partial charge on any atom is -0.488 e. The molecule has 0 aliphatic carbocycles. The fraction of sp³-hybridized carbons (Fsp3) is 0.400. The first-order chi connectivity index (χ1) is 19.1. The second-order valence-corrected chi connectivity index (χ2v) is 7.92. The molecule has 3 aliphatic heterocycles. The lowest BCUT2D eigenvalue weighted by Crippen LogP contribution is -2.52. The summed E-state index contributed by atoms with van der Waals surface area (Å²) in [7, 11) is 0. The molecular weight excluding hydrogens is 441 g/mol. The van der Waals surface area contributed by atoms with Gasteiger partial charge in [0.1, 0.15) is 24.2 Å². The molecule has 2 fully saturated rings. The SMILES string of the molecule is [2H]C1([2H])c2c(OCc3ccc(CN4CCOCC4)cc3F)cccc2C(=O)N1[C@]1([2H])C(=O)NC(=O)C([2H])([2H])C1([2H])[2H]. The van der Waals surface area contributed by atoms with E-state index in [-0.39, 0.29) is 28.4 Å². The number of benzene rings is 2. The molecule has 0 spiro atoms. The van der Waals surface area contributed by atoms with Crippen LogP contribution in [0.2, 0.25) is 0 Å². The monoisotopic (exact) mass is 474 g/mol. The molecule has 3 aliphatic rings. The number of nitrogens with zero attached hydrogens (tertiary/aromatic N) is 2. The number of imide groups is 1. The van der Waals surface area contributed by atoms with Crippen molar-refractivity contribution in [3.8, 4) is 5.75 Å². The Morgan fingerprint density at radius 1 is 1.21 bits per heavy atom. The third-order valence-electron chi connectivity index (χ3n) is 5.65. The maximum Gasteiger partial charge on any atom is 0.255 e. The Kier molecular flexibility index (Phi) is 4.36. The van der Waals surface area contributed by atoms with E-state index < -0.39 is 54.4 Å². The minimum atomic E-state index is -3.66. The zero-order chi connectivity index (χ0) is 30.0. The van der Waals surface area contributed by atoms with Crippen LogP contribution in [0.5, 0.6) is 5.75 Å². The van der Waals surface area contributed by atoms with E-state index in [1.165, 1.54) is 30.3 Å². The summed E-state index contributed by atoms with van der Waals surface area (Å²) >= 11 is 0. The van der Waals surface area contributed by atoms with Crippen LogP contribution in [-0.4, -0.2) is 59.8 Å². The summed E-state index contributed by atoms with van der Waals surface area (Å²) in [4.78, 5) is 40.4. The number of hydrogen-bond donors (Lipinski definition) is 1. The van der Waals surface area contributed by atoms with Crippen molar-refractivity contribution < 1.29 is 37.8 Å². The molecule has 9 heteroatoms. The number of piperidine rings is 1. The Balaban J connectivity index is 1.43. The van der Waals surface area contributed by atoms with Gasteiger partial charge in [-0.1, -0.05) is 18.2 Å². The molecule has 2 aromatic carbocycles. The number of hydrogen-bond acceptors (Lipinski definition) is 6. The van der Waals surface area contributed by atoms with Gasteiger partial charge in [0.2, 0.25) is 11.8 Å². The van der Waals surface area contributed by atoms with E-state index in [0.29, 0.717) is 19.8 Å². The van der Waals surface area contributed by atoms with Gasteiger partial charge in [-0.3, -0.25) is 24.6 Å². The van der Waals surface area contributed by atoms with Crippen molar-refractivity contribution in [1.82, 2.24) is 15.1 Å². The molecule has 0 aromatic heterocycles. The highest BCUT2D eigenvalue weighted by molar-refractivity contribution is 6.05. The summed E-state index contributed by atoms with van der Waals surface area (Å²) in [6.07, 6.45) is -7.11. The second-order valence-electron chi connectivity index (χ2n) is 7.92. The van der Waals surface area contributed by atoms with Gasteiger partial charge in [0.25, 0.3) is 5.91 Å². The van der Waals surface area contributed by atoms with Crippen LogP contribution in [0.3, 0.4) is 0 Å². The molecular formula is C25H26FN3O5. The van der Waals surface area contributed by atoms with Gasteiger partial charge in [0.05, 0.1) is 23.8 Å². The fourth-order valence-corrected chi connectivity index (χ4v) is 3.89. The van der Waals surface area contributed by atoms with E-state index in [2.05, 4.69) is 4.90 Å². The van der Waals surface area contributed by atoms with Gasteiger partial charge in [0, 0.05) is 48.2 Å². The zero-order valence-electron chi connectivity index (χ0n) is 25.0. The molecule has 0 saturated carbocycles. The Morgan fingerprint density at radius 2 is 2.03 bits per heavy atom. The molecule has 0 bridgehead atoms. The van der Waals surface area contributed by atoms with Crippen molar-refractivity contribution in [3.63, 3.8) is 0 Å². The average molecular weight is 475 g/mol. The predicted molar refractivity (Wildman–Crippen MR) is 119 cm³/mol. The van der Waals surface area contributed by atoms with E-state index in [4.69, 9.17) is 19.1 Å². The van der Waals surface area contributed by atoms with Gasteiger partial charge in [-0.15, -0.1) is 0 Å². The number of halogens is 1. The number of ether oxygens (including phenoxy) is 2. The summed E-state index contributed by atoms with van der Waals surface area (Å²) < 4.78 is 84.3. The van der Waals surface area contributed by atoms with Gasteiger partial charge >= 0.3 is 0 Å². The van der Waals surface area contributed by atoms with Crippen LogP contribution in [0.15, 0.2) is 36.4 Å². The standard InChI is InChI=1S/C25H26FN3O5/c26-20-12-16(13-28-8-10-33-11-9-28)4-5-17(20)15-34-22-3-1-2-18-19(22)14-29(25(18)32)21-6-7-23(30)27-24(21)31/h1-5,12,21H,6-11,13-15H2,(H,27,30,31)/t21-/m0/s1/i6D2,7D2,14D2,21D. The lowest BCUT2D eigenvalue weighted by molar-refractivity contribution is -0.136. The summed E-state index contributed by atoms with van der Waals surface area (Å²) in [5, 5.41) is 1.55. The molecule has 178 valence electrons. The van der Waals surface area contributed by atoms with Crippen LogP contribution in [0.25, 0.3) is 0 Å². The molecule has 0 unspecified atom stereocenters. The predicted octanol–water partition coefficient (Wildman–Crippen LogP) is 2.00. The lowest BCUT2D eigenvalue weighted by Gasteiger charge is -2.29. The maximum absolute atomic E-state index is 14.9. The Hall–Kier alpha value is -3.30. The van der Waals surface area contributed by atoms with Gasteiger partial charge in [-0.2, -0.15) is 0 Å². The van der Waals surface area contributed by atoms with Crippen LogP contribution < -0.4 is 10.1 Å². The van der Waals surface area contributed by atoms with Crippen LogP contribution >= 0.6 is 0 Å². The highest BCUT2D eigenvalue weighted by Gasteiger charge is 2.40. The van der Waals surface area contributed by atoms with Crippen molar-refractivity contribution >= 4 is 17.7 Å². The lowest BCUT2D eigenvalue weighted by atomic mass is 10.0. The summed E-state index contributed by atoms with van der Waals surface area (Å²) in [5.74, 6) is -5.42. The first-order valence-electron chi connectivity index (χ1n) is 14.2. The normalized spacial score (nSPS) is 30.6. The number of morpholine rings is 1. The van der Waals surface area contributed by atoms with Crippen molar-refractivity contribution in [2.75, 3.05) is 26.3 Å². The minimum absolute atomic E-state index is 0.0157. The smallest absolute Gasteiger partial charge is 0.255 e.